The lowest BCUT2D eigenvalue weighted by atomic mass is 10.1. The Morgan fingerprint density at radius 3 is 3.05 bits per heavy atom. The van der Waals surface area contributed by atoms with Gasteiger partial charge in [0.05, 0.1) is 18.5 Å². The SMILES string of the molecule is COCCN1CCC[C@H](NC(=O)C(=O)Nc2cccnc2)C1. The maximum Gasteiger partial charge on any atom is 0.313 e. The first-order valence-corrected chi connectivity index (χ1v) is 7.42. The van der Waals surface area contributed by atoms with Gasteiger partial charge in [-0.25, -0.2) is 0 Å². The molecule has 1 aliphatic rings. The van der Waals surface area contributed by atoms with E-state index in [0.29, 0.717) is 12.3 Å². The Hall–Kier alpha value is -1.99. The monoisotopic (exact) mass is 306 g/mol. The highest BCUT2D eigenvalue weighted by molar-refractivity contribution is 6.39. The molecule has 2 N–H and O–H groups in total. The van der Waals surface area contributed by atoms with E-state index in [-0.39, 0.29) is 6.04 Å². The zero-order chi connectivity index (χ0) is 15.8. The van der Waals surface area contributed by atoms with Gasteiger partial charge in [-0.05, 0) is 31.5 Å². The van der Waals surface area contributed by atoms with Crippen molar-refractivity contribution in [1.29, 1.82) is 0 Å². The molecule has 2 rings (SSSR count). The van der Waals surface area contributed by atoms with E-state index in [9.17, 15) is 9.59 Å². The number of aromatic nitrogens is 1. The molecular weight excluding hydrogens is 284 g/mol. The number of nitrogens with one attached hydrogen (secondary N) is 2. The van der Waals surface area contributed by atoms with Gasteiger partial charge in [0.2, 0.25) is 0 Å². The number of likely N-dealkylation sites (tertiary alicyclic amines) is 1. The predicted molar refractivity (Wildman–Crippen MR) is 82.3 cm³/mol. The molecule has 1 aromatic rings. The molecule has 1 fully saturated rings. The zero-order valence-corrected chi connectivity index (χ0v) is 12.7. The van der Waals surface area contributed by atoms with Crippen molar-refractivity contribution >= 4 is 17.5 Å². The van der Waals surface area contributed by atoms with E-state index in [2.05, 4.69) is 20.5 Å². The van der Waals surface area contributed by atoms with E-state index in [1.165, 1.54) is 6.20 Å². The summed E-state index contributed by atoms with van der Waals surface area (Å²) in [5.41, 5.74) is 0.507. The lowest BCUT2D eigenvalue weighted by molar-refractivity contribution is -0.136. The van der Waals surface area contributed by atoms with Crippen LogP contribution in [0.3, 0.4) is 0 Å². The summed E-state index contributed by atoms with van der Waals surface area (Å²) in [6.45, 7) is 3.25. The van der Waals surface area contributed by atoms with Crippen LogP contribution in [0, 0.1) is 0 Å². The first-order chi connectivity index (χ1) is 10.7. The number of hydrogen-bond acceptors (Lipinski definition) is 5. The molecule has 1 atom stereocenters. The van der Waals surface area contributed by atoms with Crippen LogP contribution >= 0.6 is 0 Å². The largest absolute Gasteiger partial charge is 0.383 e. The van der Waals surface area contributed by atoms with E-state index in [4.69, 9.17) is 4.74 Å². The molecule has 1 aliphatic heterocycles. The fraction of sp³-hybridized carbons (Fsp3) is 0.533. The Balaban J connectivity index is 1.79. The smallest absolute Gasteiger partial charge is 0.313 e. The number of rotatable bonds is 5. The van der Waals surface area contributed by atoms with Gasteiger partial charge in [-0.2, -0.15) is 0 Å². The lowest BCUT2D eigenvalue weighted by Crippen LogP contribution is -2.50. The van der Waals surface area contributed by atoms with Crippen LogP contribution in [0.2, 0.25) is 0 Å². The van der Waals surface area contributed by atoms with Crippen LogP contribution in [0.25, 0.3) is 0 Å². The third kappa shape index (κ3) is 5.09. The van der Waals surface area contributed by atoms with Crippen LogP contribution < -0.4 is 10.6 Å². The van der Waals surface area contributed by atoms with Gasteiger partial charge in [0.25, 0.3) is 0 Å². The number of carbonyl (C=O) groups is 2. The number of methoxy groups -OCH3 is 1. The molecule has 1 saturated heterocycles. The fourth-order valence-electron chi connectivity index (χ4n) is 2.47. The Morgan fingerprint density at radius 2 is 2.32 bits per heavy atom. The summed E-state index contributed by atoms with van der Waals surface area (Å²) in [5.74, 6) is -1.27. The minimum absolute atomic E-state index is 0.00208. The molecule has 0 bridgehead atoms. The van der Waals surface area contributed by atoms with Gasteiger partial charge in [-0.1, -0.05) is 0 Å². The highest BCUT2D eigenvalue weighted by atomic mass is 16.5. The Bertz CT molecular complexity index is 495. The molecule has 0 radical (unpaired) electrons. The van der Waals surface area contributed by atoms with Crippen molar-refractivity contribution in [1.82, 2.24) is 15.2 Å². The van der Waals surface area contributed by atoms with Crippen molar-refractivity contribution in [2.75, 3.05) is 38.7 Å². The summed E-state index contributed by atoms with van der Waals surface area (Å²) >= 11 is 0. The first-order valence-electron chi connectivity index (χ1n) is 7.42. The molecule has 0 unspecified atom stereocenters. The van der Waals surface area contributed by atoms with E-state index in [1.807, 2.05) is 0 Å². The number of amides is 2. The van der Waals surface area contributed by atoms with Crippen LogP contribution in [-0.2, 0) is 14.3 Å². The standard InChI is InChI=1S/C15H22N4O3/c1-22-9-8-19-7-3-5-13(11-19)18-15(21)14(20)17-12-4-2-6-16-10-12/h2,4,6,10,13H,3,5,7-9,11H2,1H3,(H,17,20)(H,18,21)/t13-/m0/s1. The average Bonchev–Trinajstić information content (AvgIpc) is 2.54. The maximum atomic E-state index is 11.9. The van der Waals surface area contributed by atoms with Crippen LogP contribution in [0.4, 0.5) is 5.69 Å². The number of nitrogens with zero attached hydrogens (tertiary/aromatic N) is 2. The Morgan fingerprint density at radius 1 is 1.45 bits per heavy atom. The molecule has 2 amide bonds. The second kappa shape index (κ2) is 8.45. The van der Waals surface area contributed by atoms with Crippen LogP contribution in [0.15, 0.2) is 24.5 Å². The number of ether oxygens (including phenoxy) is 1. The zero-order valence-electron chi connectivity index (χ0n) is 12.7. The lowest BCUT2D eigenvalue weighted by Gasteiger charge is -2.32. The molecule has 120 valence electrons. The highest BCUT2D eigenvalue weighted by Crippen LogP contribution is 2.10. The molecule has 0 aliphatic carbocycles. The van der Waals surface area contributed by atoms with Gasteiger partial charge < -0.3 is 15.4 Å². The summed E-state index contributed by atoms with van der Waals surface area (Å²) in [5, 5.41) is 5.32. The van der Waals surface area contributed by atoms with E-state index < -0.39 is 11.8 Å². The molecule has 1 aromatic heterocycles. The van der Waals surface area contributed by atoms with Gasteiger partial charge in [0.1, 0.15) is 0 Å². The van der Waals surface area contributed by atoms with Crippen molar-refractivity contribution in [3.8, 4) is 0 Å². The van der Waals surface area contributed by atoms with Crippen molar-refractivity contribution in [3.63, 3.8) is 0 Å². The Labute approximate surface area is 130 Å². The van der Waals surface area contributed by atoms with Gasteiger partial charge in [-0.15, -0.1) is 0 Å². The molecule has 2 heterocycles. The van der Waals surface area contributed by atoms with Crippen LogP contribution in [0.1, 0.15) is 12.8 Å². The summed E-state index contributed by atoms with van der Waals surface area (Å²) in [7, 11) is 1.67. The summed E-state index contributed by atoms with van der Waals surface area (Å²) < 4.78 is 5.07. The van der Waals surface area contributed by atoms with Gasteiger partial charge >= 0.3 is 11.8 Å². The number of hydrogen-bond donors (Lipinski definition) is 2. The molecule has 7 heteroatoms. The molecule has 0 spiro atoms. The third-order valence-corrected chi connectivity index (χ3v) is 3.58. The topological polar surface area (TPSA) is 83.6 Å². The van der Waals surface area contributed by atoms with Gasteiger partial charge in [-0.3, -0.25) is 19.5 Å². The molecule has 22 heavy (non-hydrogen) atoms. The molecule has 0 saturated carbocycles. The Kier molecular flexibility index (Phi) is 6.29. The molecule has 0 aromatic carbocycles. The number of pyridine rings is 1. The maximum absolute atomic E-state index is 11.9. The number of carbonyl (C=O) groups excluding carboxylic acids is 2. The fourth-order valence-corrected chi connectivity index (χ4v) is 2.47. The summed E-state index contributed by atoms with van der Waals surface area (Å²) in [6.07, 6.45) is 4.99. The molecular formula is C15H22N4O3. The molecule has 7 nitrogen and oxygen atoms in total. The van der Waals surface area contributed by atoms with Crippen molar-refractivity contribution in [2.24, 2.45) is 0 Å². The van der Waals surface area contributed by atoms with E-state index >= 15 is 0 Å². The van der Waals surface area contributed by atoms with Gasteiger partial charge in [0.15, 0.2) is 0 Å². The van der Waals surface area contributed by atoms with Crippen LogP contribution in [-0.4, -0.2) is 61.1 Å². The quantitative estimate of drug-likeness (QED) is 0.762. The van der Waals surface area contributed by atoms with Gasteiger partial charge in [0, 0.05) is 32.4 Å². The van der Waals surface area contributed by atoms with Crippen molar-refractivity contribution in [2.45, 2.75) is 18.9 Å². The van der Waals surface area contributed by atoms with E-state index in [1.54, 1.807) is 25.4 Å². The minimum atomic E-state index is -0.665. The first kappa shape index (κ1) is 16.4. The third-order valence-electron chi connectivity index (χ3n) is 3.58. The number of anilines is 1. The minimum Gasteiger partial charge on any atom is -0.383 e. The van der Waals surface area contributed by atoms with Crippen molar-refractivity contribution in [3.05, 3.63) is 24.5 Å². The second-order valence-corrected chi connectivity index (χ2v) is 5.30. The predicted octanol–water partition coefficient (Wildman–Crippen LogP) is 0.247. The average molecular weight is 306 g/mol. The number of piperidine rings is 1. The van der Waals surface area contributed by atoms with Crippen LogP contribution in [0.5, 0.6) is 0 Å². The highest BCUT2D eigenvalue weighted by Gasteiger charge is 2.23. The normalized spacial score (nSPS) is 18.7. The van der Waals surface area contributed by atoms with E-state index in [0.717, 1.165) is 32.5 Å². The second-order valence-electron chi connectivity index (χ2n) is 5.30. The summed E-state index contributed by atoms with van der Waals surface area (Å²) in [4.78, 5) is 29.9. The summed E-state index contributed by atoms with van der Waals surface area (Å²) in [6, 6.07) is 3.38. The van der Waals surface area contributed by atoms with Crippen molar-refractivity contribution < 1.29 is 14.3 Å².